The molecule has 0 aliphatic heterocycles. The van der Waals surface area contributed by atoms with Gasteiger partial charge in [0.15, 0.2) is 0 Å². The zero-order valence-electron chi connectivity index (χ0n) is 11.8. The predicted molar refractivity (Wildman–Crippen MR) is 76.7 cm³/mol. The van der Waals surface area contributed by atoms with Crippen LogP contribution in [0.5, 0.6) is 0 Å². The minimum atomic E-state index is -0.965. The van der Waals surface area contributed by atoms with Gasteiger partial charge in [-0.3, -0.25) is 9.59 Å². The Morgan fingerprint density at radius 1 is 1.43 bits per heavy atom. The van der Waals surface area contributed by atoms with Gasteiger partial charge in [0.05, 0.1) is 5.92 Å². The molecule has 2 rings (SSSR count). The summed E-state index contributed by atoms with van der Waals surface area (Å²) in [5.41, 5.74) is 0.373. The standard InChI is InChI=1S/C15H17ClFNO3/c1-7(15(20)21)8(2)18-14(19)10-6-9(10)13-11(16)4-3-5-12(13)17/h3-5,7-10H,6H2,1-2H3,(H,18,19)(H,20,21). The molecule has 4 unspecified atom stereocenters. The van der Waals surface area contributed by atoms with Crippen molar-refractivity contribution in [1.29, 1.82) is 0 Å². The van der Waals surface area contributed by atoms with Crippen LogP contribution in [0.1, 0.15) is 31.7 Å². The number of carbonyl (C=O) groups is 2. The van der Waals surface area contributed by atoms with Crippen LogP contribution < -0.4 is 5.32 Å². The lowest BCUT2D eigenvalue weighted by molar-refractivity contribution is -0.142. The van der Waals surface area contributed by atoms with Crippen LogP contribution in [-0.4, -0.2) is 23.0 Å². The molecule has 0 radical (unpaired) electrons. The molecule has 0 spiro atoms. The molecule has 4 atom stereocenters. The molecule has 1 aromatic rings. The van der Waals surface area contributed by atoms with E-state index in [0.717, 1.165) is 0 Å². The molecule has 6 heteroatoms. The Bertz CT molecular complexity index is 558. The zero-order chi connectivity index (χ0) is 15.7. The van der Waals surface area contributed by atoms with Crippen LogP contribution in [-0.2, 0) is 9.59 Å². The largest absolute Gasteiger partial charge is 0.481 e. The van der Waals surface area contributed by atoms with E-state index in [9.17, 15) is 14.0 Å². The molecule has 1 amide bonds. The molecule has 0 aromatic heterocycles. The van der Waals surface area contributed by atoms with E-state index in [-0.39, 0.29) is 17.7 Å². The Kier molecular flexibility index (Phi) is 4.52. The van der Waals surface area contributed by atoms with E-state index >= 15 is 0 Å². The molecule has 4 nitrogen and oxygen atoms in total. The number of carboxylic acid groups (broad SMARTS) is 1. The topological polar surface area (TPSA) is 66.4 Å². The van der Waals surface area contributed by atoms with Crippen molar-refractivity contribution in [3.8, 4) is 0 Å². The maximum atomic E-state index is 13.8. The number of benzene rings is 1. The van der Waals surface area contributed by atoms with Crippen molar-refractivity contribution >= 4 is 23.5 Å². The van der Waals surface area contributed by atoms with Crippen LogP contribution in [0.25, 0.3) is 0 Å². The van der Waals surface area contributed by atoms with Gasteiger partial charge >= 0.3 is 5.97 Å². The maximum absolute atomic E-state index is 13.8. The highest BCUT2D eigenvalue weighted by molar-refractivity contribution is 6.31. The van der Waals surface area contributed by atoms with Crippen molar-refractivity contribution < 1.29 is 19.1 Å². The predicted octanol–water partition coefficient (Wildman–Crippen LogP) is 2.81. The third kappa shape index (κ3) is 3.35. The highest BCUT2D eigenvalue weighted by Gasteiger charge is 2.46. The summed E-state index contributed by atoms with van der Waals surface area (Å²) >= 11 is 5.98. The van der Waals surface area contributed by atoms with E-state index in [1.54, 1.807) is 13.0 Å². The number of hydrogen-bond acceptors (Lipinski definition) is 2. The molecule has 0 saturated heterocycles. The fourth-order valence-electron chi connectivity index (χ4n) is 2.34. The summed E-state index contributed by atoms with van der Waals surface area (Å²) in [5, 5.41) is 11.9. The van der Waals surface area contributed by atoms with Gasteiger partial charge < -0.3 is 10.4 Å². The molecular formula is C15H17ClFNO3. The average molecular weight is 314 g/mol. The summed E-state index contributed by atoms with van der Waals surface area (Å²) in [6, 6.07) is 3.97. The maximum Gasteiger partial charge on any atom is 0.308 e. The first-order chi connectivity index (χ1) is 9.82. The van der Waals surface area contributed by atoms with Crippen molar-refractivity contribution in [1.82, 2.24) is 5.32 Å². The molecule has 1 fully saturated rings. The van der Waals surface area contributed by atoms with Gasteiger partial charge in [-0.25, -0.2) is 4.39 Å². The molecule has 2 N–H and O–H groups in total. The number of aliphatic carboxylic acids is 1. The Morgan fingerprint density at radius 3 is 2.67 bits per heavy atom. The van der Waals surface area contributed by atoms with Crippen molar-refractivity contribution in [2.75, 3.05) is 0 Å². The van der Waals surface area contributed by atoms with Crippen molar-refractivity contribution in [3.63, 3.8) is 0 Å². The molecule has 114 valence electrons. The lowest BCUT2D eigenvalue weighted by Crippen LogP contribution is -2.41. The van der Waals surface area contributed by atoms with E-state index in [1.807, 2.05) is 0 Å². The Hall–Kier alpha value is -1.62. The van der Waals surface area contributed by atoms with Crippen molar-refractivity contribution in [2.45, 2.75) is 32.2 Å². The number of halogens is 2. The van der Waals surface area contributed by atoms with Crippen LogP contribution in [0.4, 0.5) is 4.39 Å². The molecule has 0 bridgehead atoms. The average Bonchev–Trinajstić information content (AvgIpc) is 3.17. The number of carbonyl (C=O) groups excluding carboxylic acids is 1. The van der Waals surface area contributed by atoms with E-state index in [0.29, 0.717) is 17.0 Å². The van der Waals surface area contributed by atoms with E-state index in [4.69, 9.17) is 16.7 Å². The van der Waals surface area contributed by atoms with E-state index < -0.39 is 23.7 Å². The van der Waals surface area contributed by atoms with Crippen molar-refractivity contribution in [3.05, 3.63) is 34.6 Å². The van der Waals surface area contributed by atoms with Crippen LogP contribution in [0.2, 0.25) is 5.02 Å². The van der Waals surface area contributed by atoms with Crippen LogP contribution in [0, 0.1) is 17.7 Å². The monoisotopic (exact) mass is 313 g/mol. The van der Waals surface area contributed by atoms with Gasteiger partial charge in [-0.2, -0.15) is 0 Å². The zero-order valence-corrected chi connectivity index (χ0v) is 12.5. The number of amides is 1. The summed E-state index contributed by atoms with van der Waals surface area (Å²) in [5.74, 6) is -2.88. The van der Waals surface area contributed by atoms with Gasteiger partial charge in [-0.05, 0) is 32.4 Å². The van der Waals surface area contributed by atoms with Gasteiger partial charge in [0.25, 0.3) is 0 Å². The Labute approximate surface area is 127 Å². The highest BCUT2D eigenvalue weighted by Crippen LogP contribution is 2.50. The third-order valence-electron chi connectivity index (χ3n) is 4.01. The lowest BCUT2D eigenvalue weighted by atomic mass is 10.0. The SMILES string of the molecule is CC(NC(=O)C1CC1c1c(F)cccc1Cl)C(C)C(=O)O. The lowest BCUT2D eigenvalue weighted by Gasteiger charge is -2.17. The fourth-order valence-corrected chi connectivity index (χ4v) is 2.64. The summed E-state index contributed by atoms with van der Waals surface area (Å²) in [6.45, 7) is 3.18. The van der Waals surface area contributed by atoms with Gasteiger partial charge in [-0.15, -0.1) is 0 Å². The van der Waals surface area contributed by atoms with Gasteiger partial charge in [0.1, 0.15) is 5.82 Å². The molecule has 1 aliphatic carbocycles. The van der Waals surface area contributed by atoms with Crippen LogP contribution >= 0.6 is 11.6 Å². The molecule has 1 aliphatic rings. The molecular weight excluding hydrogens is 297 g/mol. The Morgan fingerprint density at radius 2 is 2.10 bits per heavy atom. The molecule has 1 aromatic carbocycles. The van der Waals surface area contributed by atoms with Crippen LogP contribution in [0.3, 0.4) is 0 Å². The van der Waals surface area contributed by atoms with E-state index in [1.165, 1.54) is 19.1 Å². The smallest absolute Gasteiger partial charge is 0.308 e. The normalized spacial score (nSPS) is 23.2. The number of carboxylic acids is 1. The third-order valence-corrected chi connectivity index (χ3v) is 4.34. The quantitative estimate of drug-likeness (QED) is 0.878. The van der Waals surface area contributed by atoms with Gasteiger partial charge in [0.2, 0.25) is 5.91 Å². The Balaban J connectivity index is 2.00. The molecule has 0 heterocycles. The first-order valence-corrected chi connectivity index (χ1v) is 7.17. The summed E-state index contributed by atoms with van der Waals surface area (Å²) in [4.78, 5) is 22.9. The second-order valence-electron chi connectivity index (χ2n) is 5.51. The highest BCUT2D eigenvalue weighted by atomic mass is 35.5. The van der Waals surface area contributed by atoms with Gasteiger partial charge in [0, 0.05) is 28.5 Å². The van der Waals surface area contributed by atoms with Gasteiger partial charge in [-0.1, -0.05) is 17.7 Å². The second-order valence-corrected chi connectivity index (χ2v) is 5.92. The van der Waals surface area contributed by atoms with Crippen LogP contribution in [0.15, 0.2) is 18.2 Å². The van der Waals surface area contributed by atoms with Crippen molar-refractivity contribution in [2.24, 2.45) is 11.8 Å². The van der Waals surface area contributed by atoms with E-state index in [2.05, 4.69) is 5.32 Å². The number of rotatable bonds is 5. The fraction of sp³-hybridized carbons (Fsp3) is 0.467. The molecule has 1 saturated carbocycles. The number of hydrogen-bond donors (Lipinski definition) is 2. The molecule has 21 heavy (non-hydrogen) atoms. The minimum absolute atomic E-state index is 0.231. The summed E-state index contributed by atoms with van der Waals surface area (Å²) in [6.07, 6.45) is 0.528. The number of nitrogens with one attached hydrogen (secondary N) is 1. The summed E-state index contributed by atoms with van der Waals surface area (Å²) < 4.78 is 13.8. The second kappa shape index (κ2) is 6.02. The first-order valence-electron chi connectivity index (χ1n) is 6.80. The minimum Gasteiger partial charge on any atom is -0.481 e. The first kappa shape index (κ1) is 15.8. The summed E-state index contributed by atoms with van der Waals surface area (Å²) in [7, 11) is 0.